The molecule has 1 aliphatic rings. The summed E-state index contributed by atoms with van der Waals surface area (Å²) in [7, 11) is 0. The zero-order valence-electron chi connectivity index (χ0n) is 21.6. The van der Waals surface area contributed by atoms with Crippen molar-refractivity contribution in [3.63, 3.8) is 0 Å². The van der Waals surface area contributed by atoms with Crippen LogP contribution in [-0.2, 0) is 19.5 Å². The van der Waals surface area contributed by atoms with Gasteiger partial charge in [0.2, 0.25) is 0 Å². The summed E-state index contributed by atoms with van der Waals surface area (Å²) >= 11 is 6.01. The minimum Gasteiger partial charge on any atom is -0.410 e. The van der Waals surface area contributed by atoms with Gasteiger partial charge < -0.3 is 9.64 Å². The molecule has 1 saturated heterocycles. The van der Waals surface area contributed by atoms with Crippen molar-refractivity contribution in [1.82, 2.24) is 9.80 Å². The zero-order valence-corrected chi connectivity index (χ0v) is 22.3. The average Bonchev–Trinajstić information content (AvgIpc) is 3.46. The zero-order chi connectivity index (χ0) is 26.2. The van der Waals surface area contributed by atoms with Gasteiger partial charge in [0, 0.05) is 24.7 Å². The van der Waals surface area contributed by atoms with Gasteiger partial charge in [0.05, 0.1) is 0 Å². The van der Waals surface area contributed by atoms with Crippen LogP contribution in [0.4, 0.5) is 4.79 Å². The number of rotatable bonds is 9. The van der Waals surface area contributed by atoms with Crippen molar-refractivity contribution in [3.05, 3.63) is 125 Å². The monoisotopic (exact) mass is 524 g/mol. The lowest BCUT2D eigenvalue weighted by Crippen LogP contribution is -2.34. The Labute approximate surface area is 230 Å². The summed E-state index contributed by atoms with van der Waals surface area (Å²) in [6.07, 6.45) is 3.02. The van der Waals surface area contributed by atoms with E-state index >= 15 is 0 Å². The van der Waals surface area contributed by atoms with Crippen molar-refractivity contribution in [2.45, 2.75) is 32.4 Å². The number of carbonyl (C=O) groups excluding carboxylic acids is 1. The Morgan fingerprint density at radius 2 is 1.34 bits per heavy atom. The second-order valence-corrected chi connectivity index (χ2v) is 10.3. The molecule has 38 heavy (non-hydrogen) atoms. The molecule has 0 aromatic heterocycles. The smallest absolute Gasteiger partial charge is 0.410 e. The molecule has 0 aliphatic carbocycles. The molecule has 1 amide bonds. The molecule has 5 heteroatoms. The quantitative estimate of drug-likeness (QED) is 0.223. The van der Waals surface area contributed by atoms with E-state index in [1.807, 2.05) is 78.9 Å². The maximum atomic E-state index is 13.3. The summed E-state index contributed by atoms with van der Waals surface area (Å²) in [5, 5.41) is 0.704. The van der Waals surface area contributed by atoms with Crippen molar-refractivity contribution in [1.29, 1.82) is 0 Å². The number of hydrogen-bond acceptors (Lipinski definition) is 3. The van der Waals surface area contributed by atoms with E-state index < -0.39 is 0 Å². The largest absolute Gasteiger partial charge is 0.415 e. The molecule has 0 unspecified atom stereocenters. The van der Waals surface area contributed by atoms with Crippen LogP contribution in [0.1, 0.15) is 29.5 Å². The number of amides is 1. The second-order valence-electron chi connectivity index (χ2n) is 9.86. The number of ether oxygens (including phenoxy) is 1. The summed E-state index contributed by atoms with van der Waals surface area (Å²) in [5.74, 6) is 0.525. The fraction of sp³-hybridized carbons (Fsp3) is 0.242. The Bertz CT molecular complexity index is 1300. The number of halogens is 1. The molecule has 4 aromatic rings. The molecule has 0 spiro atoms. The SMILES string of the molecule is O=C(Oc1ccc(-c2ccc(Cl)cc2)cc1)N(CCc1ccc(CN2CCCC2)cc1)Cc1ccccc1. The van der Waals surface area contributed by atoms with Gasteiger partial charge in [-0.2, -0.15) is 0 Å². The van der Waals surface area contributed by atoms with Crippen LogP contribution in [0.3, 0.4) is 0 Å². The number of hydrogen-bond donors (Lipinski definition) is 0. The predicted molar refractivity (Wildman–Crippen MR) is 154 cm³/mol. The molecule has 0 N–H and O–H groups in total. The topological polar surface area (TPSA) is 32.8 Å². The molecule has 0 radical (unpaired) electrons. The van der Waals surface area contributed by atoms with E-state index in [0.29, 0.717) is 23.9 Å². The van der Waals surface area contributed by atoms with Gasteiger partial charge in [-0.25, -0.2) is 4.79 Å². The van der Waals surface area contributed by atoms with Crippen molar-refractivity contribution in [2.75, 3.05) is 19.6 Å². The number of likely N-dealkylation sites (tertiary alicyclic amines) is 1. The molecule has 0 bridgehead atoms. The van der Waals surface area contributed by atoms with Crippen LogP contribution in [0.15, 0.2) is 103 Å². The van der Waals surface area contributed by atoms with Crippen LogP contribution in [0.2, 0.25) is 5.02 Å². The Morgan fingerprint density at radius 1 is 0.737 bits per heavy atom. The highest BCUT2D eigenvalue weighted by Gasteiger charge is 2.17. The van der Waals surface area contributed by atoms with Gasteiger partial charge in [0.1, 0.15) is 5.75 Å². The van der Waals surface area contributed by atoms with Crippen molar-refractivity contribution >= 4 is 17.7 Å². The van der Waals surface area contributed by atoms with Crippen molar-refractivity contribution in [2.24, 2.45) is 0 Å². The van der Waals surface area contributed by atoms with E-state index in [1.165, 1.54) is 37.1 Å². The second kappa shape index (κ2) is 12.8. The van der Waals surface area contributed by atoms with E-state index in [0.717, 1.165) is 29.7 Å². The minimum absolute atomic E-state index is 0.348. The van der Waals surface area contributed by atoms with Crippen LogP contribution in [0, 0.1) is 0 Å². The minimum atomic E-state index is -0.348. The fourth-order valence-electron chi connectivity index (χ4n) is 4.84. The van der Waals surface area contributed by atoms with Gasteiger partial charge in [-0.1, -0.05) is 90.5 Å². The molecule has 5 rings (SSSR count). The van der Waals surface area contributed by atoms with Gasteiger partial charge in [-0.15, -0.1) is 0 Å². The molecular weight excluding hydrogens is 492 g/mol. The standard InChI is InChI=1S/C33H33ClN2O2/c34-31-16-12-29(13-17-31)30-14-18-32(19-15-30)38-33(37)36(25-27-6-2-1-3-7-27)23-20-26-8-10-28(11-9-26)24-35-21-4-5-22-35/h1-3,6-19H,4-5,20-25H2. The van der Waals surface area contributed by atoms with Gasteiger partial charge >= 0.3 is 6.09 Å². The van der Waals surface area contributed by atoms with Crippen LogP contribution in [0.5, 0.6) is 5.75 Å². The number of benzene rings is 4. The lowest BCUT2D eigenvalue weighted by Gasteiger charge is -2.22. The van der Waals surface area contributed by atoms with Crippen LogP contribution < -0.4 is 4.74 Å². The highest BCUT2D eigenvalue weighted by atomic mass is 35.5. The lowest BCUT2D eigenvalue weighted by molar-refractivity contribution is 0.150. The molecule has 1 fully saturated rings. The van der Waals surface area contributed by atoms with E-state index in [-0.39, 0.29) is 6.09 Å². The van der Waals surface area contributed by atoms with E-state index in [1.54, 1.807) is 4.90 Å². The van der Waals surface area contributed by atoms with Crippen LogP contribution in [0.25, 0.3) is 11.1 Å². The van der Waals surface area contributed by atoms with Crippen molar-refractivity contribution < 1.29 is 9.53 Å². The molecule has 1 aliphatic heterocycles. The molecule has 4 aromatic carbocycles. The summed E-state index contributed by atoms with van der Waals surface area (Å²) in [5.41, 5.74) is 5.73. The first-order chi connectivity index (χ1) is 18.6. The maximum absolute atomic E-state index is 13.3. The third-order valence-electron chi connectivity index (χ3n) is 7.01. The first-order valence-corrected chi connectivity index (χ1v) is 13.7. The summed E-state index contributed by atoms with van der Waals surface area (Å²) in [4.78, 5) is 17.5. The summed E-state index contributed by atoms with van der Waals surface area (Å²) in [6, 6.07) is 34.1. The van der Waals surface area contributed by atoms with Gasteiger partial charge in [0.25, 0.3) is 0 Å². The molecule has 194 valence electrons. The molecule has 4 nitrogen and oxygen atoms in total. The van der Waals surface area contributed by atoms with Crippen molar-refractivity contribution in [3.8, 4) is 16.9 Å². The molecule has 1 heterocycles. The average molecular weight is 525 g/mol. The van der Waals surface area contributed by atoms with E-state index in [9.17, 15) is 4.79 Å². The summed E-state index contributed by atoms with van der Waals surface area (Å²) in [6.45, 7) is 4.48. The summed E-state index contributed by atoms with van der Waals surface area (Å²) < 4.78 is 5.80. The van der Waals surface area contributed by atoms with Gasteiger partial charge in [-0.3, -0.25) is 4.90 Å². The third-order valence-corrected chi connectivity index (χ3v) is 7.26. The van der Waals surface area contributed by atoms with Gasteiger partial charge in [-0.05, 0) is 84.4 Å². The van der Waals surface area contributed by atoms with E-state index in [4.69, 9.17) is 16.3 Å². The molecule has 0 saturated carbocycles. The predicted octanol–water partition coefficient (Wildman–Crippen LogP) is 7.85. The van der Waals surface area contributed by atoms with Crippen LogP contribution in [-0.4, -0.2) is 35.5 Å². The first-order valence-electron chi connectivity index (χ1n) is 13.3. The van der Waals surface area contributed by atoms with Gasteiger partial charge in [0.15, 0.2) is 0 Å². The van der Waals surface area contributed by atoms with E-state index in [2.05, 4.69) is 29.2 Å². The Balaban J connectivity index is 1.23. The normalized spacial score (nSPS) is 13.4. The Kier molecular flexibility index (Phi) is 8.75. The number of carbonyl (C=O) groups is 1. The highest BCUT2D eigenvalue weighted by molar-refractivity contribution is 6.30. The maximum Gasteiger partial charge on any atom is 0.415 e. The Hall–Kier alpha value is -3.60. The first kappa shape index (κ1) is 26.0. The van der Waals surface area contributed by atoms with Crippen LogP contribution >= 0.6 is 11.6 Å². The highest BCUT2D eigenvalue weighted by Crippen LogP contribution is 2.24. The third kappa shape index (κ3) is 7.25. The molecular formula is C33H33ClN2O2. The fourth-order valence-corrected chi connectivity index (χ4v) is 4.96. The lowest BCUT2D eigenvalue weighted by atomic mass is 10.1. The number of nitrogens with zero attached hydrogens (tertiary/aromatic N) is 2. The Morgan fingerprint density at radius 3 is 2.00 bits per heavy atom. The molecule has 0 atom stereocenters.